The van der Waals surface area contributed by atoms with Gasteiger partial charge in [-0.1, -0.05) is 42.5 Å². The summed E-state index contributed by atoms with van der Waals surface area (Å²) in [6, 6.07) is 16.5. The molecule has 0 unspecified atom stereocenters. The lowest BCUT2D eigenvalue weighted by Gasteiger charge is -2.13. The molecule has 2 aromatic carbocycles. The molecule has 0 saturated heterocycles. The van der Waals surface area contributed by atoms with E-state index in [1.807, 2.05) is 54.0 Å². The van der Waals surface area contributed by atoms with Crippen molar-refractivity contribution in [1.82, 2.24) is 9.55 Å². The molecule has 0 radical (unpaired) electrons. The zero-order valence-corrected chi connectivity index (χ0v) is 19.0. The van der Waals surface area contributed by atoms with Gasteiger partial charge in [0.25, 0.3) is 5.91 Å². The fraction of sp³-hybridized carbons (Fsp3) is 0.120. The van der Waals surface area contributed by atoms with Crippen molar-refractivity contribution in [1.29, 1.82) is 0 Å². The number of fused-ring (bicyclic) bond motifs is 1. The number of thiocarbonyl (C=S) groups is 1. The Morgan fingerprint density at radius 2 is 1.85 bits per heavy atom. The van der Waals surface area contributed by atoms with Gasteiger partial charge in [0.2, 0.25) is 0 Å². The van der Waals surface area contributed by atoms with E-state index in [0.717, 1.165) is 22.2 Å². The number of amides is 1. The van der Waals surface area contributed by atoms with E-state index in [-0.39, 0.29) is 16.2 Å². The van der Waals surface area contributed by atoms with E-state index in [1.165, 1.54) is 7.11 Å². The summed E-state index contributed by atoms with van der Waals surface area (Å²) in [5.74, 6) is -1.01. The Kier molecular flexibility index (Phi) is 6.19. The fourth-order valence-electron chi connectivity index (χ4n) is 3.91. The van der Waals surface area contributed by atoms with Crippen LogP contribution in [0.2, 0.25) is 0 Å². The lowest BCUT2D eigenvalue weighted by Crippen LogP contribution is -2.21. The van der Waals surface area contributed by atoms with Gasteiger partial charge in [-0.05, 0) is 42.3 Å². The molecule has 166 valence electrons. The van der Waals surface area contributed by atoms with Crippen LogP contribution in [-0.4, -0.2) is 33.5 Å². The van der Waals surface area contributed by atoms with Gasteiger partial charge in [-0.15, -0.1) is 0 Å². The molecule has 0 fully saturated rings. The standard InChI is InChI=1S/C25H22N4O3S/c1-15-5-3-8-19-20(15)21(25(31)32-2)22(24(30)28-18-9-11-27-12-10-18)29(19)14-16-6-4-7-17(13-16)23(26)33/h3-13H,14H2,1-2H3,(H2,26,33)(H,27,28,30). The number of nitrogens with two attached hydrogens (primary N) is 1. The number of ether oxygens (including phenoxy) is 1. The van der Waals surface area contributed by atoms with Crippen molar-refractivity contribution < 1.29 is 14.3 Å². The molecule has 0 aliphatic heterocycles. The van der Waals surface area contributed by atoms with Crippen molar-refractivity contribution in [2.75, 3.05) is 12.4 Å². The van der Waals surface area contributed by atoms with Crippen LogP contribution < -0.4 is 11.1 Å². The van der Waals surface area contributed by atoms with Gasteiger partial charge in [-0.3, -0.25) is 9.78 Å². The number of aryl methyl sites for hydroxylation is 1. The summed E-state index contributed by atoms with van der Waals surface area (Å²) < 4.78 is 6.90. The summed E-state index contributed by atoms with van der Waals surface area (Å²) in [6.45, 7) is 2.23. The number of methoxy groups -OCH3 is 1. The second kappa shape index (κ2) is 9.22. The lowest BCUT2D eigenvalue weighted by atomic mass is 10.1. The molecule has 0 aliphatic rings. The lowest BCUT2D eigenvalue weighted by molar-refractivity contribution is 0.0599. The Labute approximate surface area is 196 Å². The van der Waals surface area contributed by atoms with Crippen LogP contribution in [0, 0.1) is 6.92 Å². The molecule has 4 aromatic rings. The average Bonchev–Trinajstić information content (AvgIpc) is 3.15. The molecule has 8 heteroatoms. The van der Waals surface area contributed by atoms with Gasteiger partial charge in [-0.25, -0.2) is 4.79 Å². The van der Waals surface area contributed by atoms with E-state index in [2.05, 4.69) is 10.3 Å². The molecule has 4 rings (SSSR count). The molecular formula is C25H22N4O3S. The molecule has 2 aromatic heterocycles. The van der Waals surface area contributed by atoms with Crippen molar-refractivity contribution >= 4 is 45.7 Å². The number of pyridine rings is 1. The van der Waals surface area contributed by atoms with Gasteiger partial charge in [0.1, 0.15) is 10.7 Å². The number of esters is 1. The number of aromatic nitrogens is 2. The minimum atomic E-state index is -0.579. The number of carbonyl (C=O) groups excluding carboxylic acids is 2. The maximum atomic E-state index is 13.5. The van der Waals surface area contributed by atoms with E-state index in [1.54, 1.807) is 24.5 Å². The number of nitrogens with one attached hydrogen (secondary N) is 1. The van der Waals surface area contributed by atoms with Crippen LogP contribution in [0.5, 0.6) is 0 Å². The predicted octanol–water partition coefficient (Wildman–Crippen LogP) is 4.07. The maximum absolute atomic E-state index is 13.5. The summed E-state index contributed by atoms with van der Waals surface area (Å²) in [5, 5.41) is 3.54. The smallest absolute Gasteiger partial charge is 0.340 e. The fourth-order valence-corrected chi connectivity index (χ4v) is 4.04. The molecular weight excluding hydrogens is 436 g/mol. The van der Waals surface area contributed by atoms with Crippen molar-refractivity contribution in [2.24, 2.45) is 5.73 Å². The monoisotopic (exact) mass is 458 g/mol. The third kappa shape index (κ3) is 4.33. The Hall–Kier alpha value is -4.04. The first kappa shape index (κ1) is 22.2. The SMILES string of the molecule is COC(=O)c1c(C(=O)Nc2ccncc2)n(Cc2cccc(C(N)=S)c2)c2cccc(C)c12. The zero-order valence-electron chi connectivity index (χ0n) is 18.2. The summed E-state index contributed by atoms with van der Waals surface area (Å²) in [5.41, 5.74) is 10.0. The highest BCUT2D eigenvalue weighted by atomic mass is 32.1. The Morgan fingerprint density at radius 1 is 1.12 bits per heavy atom. The van der Waals surface area contributed by atoms with Gasteiger partial charge in [0, 0.05) is 35.6 Å². The van der Waals surface area contributed by atoms with Gasteiger partial charge in [0.15, 0.2) is 0 Å². The second-order valence-electron chi connectivity index (χ2n) is 7.53. The minimum absolute atomic E-state index is 0.212. The number of benzene rings is 2. The number of anilines is 1. The molecule has 2 heterocycles. The quantitative estimate of drug-likeness (QED) is 0.334. The first-order valence-corrected chi connectivity index (χ1v) is 10.6. The van der Waals surface area contributed by atoms with Crippen LogP contribution in [0.4, 0.5) is 5.69 Å². The van der Waals surface area contributed by atoms with Crippen molar-refractivity contribution in [3.05, 3.63) is 94.9 Å². The van der Waals surface area contributed by atoms with Gasteiger partial charge >= 0.3 is 5.97 Å². The number of hydrogen-bond acceptors (Lipinski definition) is 5. The highest BCUT2D eigenvalue weighted by molar-refractivity contribution is 7.80. The van der Waals surface area contributed by atoms with Crippen LogP contribution in [-0.2, 0) is 11.3 Å². The molecule has 7 nitrogen and oxygen atoms in total. The molecule has 3 N–H and O–H groups in total. The van der Waals surface area contributed by atoms with Gasteiger partial charge in [-0.2, -0.15) is 0 Å². The Balaban J connectivity index is 1.94. The number of carbonyl (C=O) groups is 2. The van der Waals surface area contributed by atoms with Crippen molar-refractivity contribution in [2.45, 2.75) is 13.5 Å². The molecule has 33 heavy (non-hydrogen) atoms. The van der Waals surface area contributed by atoms with Crippen LogP contribution in [0.25, 0.3) is 10.9 Å². The van der Waals surface area contributed by atoms with Crippen LogP contribution in [0.1, 0.15) is 37.5 Å². The van der Waals surface area contributed by atoms with Gasteiger partial charge in [0.05, 0.1) is 18.2 Å². The van der Waals surface area contributed by atoms with E-state index < -0.39 is 11.9 Å². The van der Waals surface area contributed by atoms with E-state index in [9.17, 15) is 9.59 Å². The summed E-state index contributed by atoms with van der Waals surface area (Å²) in [4.78, 5) is 30.7. The average molecular weight is 459 g/mol. The van der Waals surface area contributed by atoms with E-state index in [0.29, 0.717) is 17.6 Å². The number of hydrogen-bond donors (Lipinski definition) is 2. The predicted molar refractivity (Wildman–Crippen MR) is 132 cm³/mol. The maximum Gasteiger partial charge on any atom is 0.340 e. The van der Waals surface area contributed by atoms with Crippen molar-refractivity contribution in [3.8, 4) is 0 Å². The van der Waals surface area contributed by atoms with E-state index >= 15 is 0 Å². The third-order valence-corrected chi connectivity index (χ3v) is 5.63. The third-order valence-electron chi connectivity index (χ3n) is 5.39. The van der Waals surface area contributed by atoms with Crippen LogP contribution in [0.15, 0.2) is 67.0 Å². The topological polar surface area (TPSA) is 99.2 Å². The Morgan fingerprint density at radius 3 is 2.55 bits per heavy atom. The summed E-state index contributed by atoms with van der Waals surface area (Å²) in [6.07, 6.45) is 3.16. The molecule has 0 aliphatic carbocycles. The Bertz CT molecular complexity index is 1380. The highest BCUT2D eigenvalue weighted by Crippen LogP contribution is 2.31. The molecule has 0 atom stereocenters. The number of rotatable bonds is 6. The molecule has 0 saturated carbocycles. The first-order valence-electron chi connectivity index (χ1n) is 10.2. The molecule has 0 spiro atoms. The molecule has 0 bridgehead atoms. The highest BCUT2D eigenvalue weighted by Gasteiger charge is 2.29. The van der Waals surface area contributed by atoms with Crippen molar-refractivity contribution in [3.63, 3.8) is 0 Å². The van der Waals surface area contributed by atoms with Crippen LogP contribution >= 0.6 is 12.2 Å². The minimum Gasteiger partial charge on any atom is -0.465 e. The summed E-state index contributed by atoms with van der Waals surface area (Å²) in [7, 11) is 1.31. The zero-order chi connectivity index (χ0) is 23.5. The second-order valence-corrected chi connectivity index (χ2v) is 7.96. The molecule has 1 amide bonds. The normalized spacial score (nSPS) is 10.7. The first-order chi connectivity index (χ1) is 15.9. The van der Waals surface area contributed by atoms with Crippen LogP contribution in [0.3, 0.4) is 0 Å². The largest absolute Gasteiger partial charge is 0.465 e. The number of nitrogens with zero attached hydrogens (tertiary/aromatic N) is 2. The van der Waals surface area contributed by atoms with Gasteiger partial charge < -0.3 is 20.4 Å². The van der Waals surface area contributed by atoms with E-state index in [4.69, 9.17) is 22.7 Å². The summed E-state index contributed by atoms with van der Waals surface area (Å²) >= 11 is 5.12.